The molecule has 0 spiro atoms. The molecule has 0 aliphatic carbocycles. The summed E-state index contributed by atoms with van der Waals surface area (Å²) >= 11 is 12.8. The molecular weight excluding hydrogens is 524 g/mol. The lowest BCUT2D eigenvalue weighted by Gasteiger charge is -2.29. The first-order chi connectivity index (χ1) is 13.8. The number of hydrogen-bond acceptors (Lipinski definition) is 3. The Balaban J connectivity index is 2.15. The van der Waals surface area contributed by atoms with Crippen LogP contribution in [0.1, 0.15) is 25.8 Å². The summed E-state index contributed by atoms with van der Waals surface area (Å²) in [5.41, 5.74) is 0.913. The molecule has 2 aromatic rings. The summed E-state index contributed by atoms with van der Waals surface area (Å²) in [7, 11) is 0. The smallest absolute Gasteiger partial charge is 0.261 e. The number of halogens is 3. The van der Waals surface area contributed by atoms with Gasteiger partial charge in [-0.3, -0.25) is 9.59 Å². The topological polar surface area (TPSA) is 58.6 Å². The summed E-state index contributed by atoms with van der Waals surface area (Å²) < 4.78 is 7.24. The highest BCUT2D eigenvalue weighted by Gasteiger charge is 2.26. The van der Waals surface area contributed by atoms with Crippen molar-refractivity contribution in [2.24, 2.45) is 0 Å². The molecule has 5 nitrogen and oxygen atoms in total. The maximum atomic E-state index is 13.0. The first-order valence-electron chi connectivity index (χ1n) is 9.21. The van der Waals surface area contributed by atoms with E-state index >= 15 is 0 Å². The Hall–Kier alpha value is -1.57. The highest BCUT2D eigenvalue weighted by molar-refractivity contribution is 9.10. The highest BCUT2D eigenvalue weighted by Crippen LogP contribution is 2.28. The van der Waals surface area contributed by atoms with Gasteiger partial charge in [-0.15, -0.1) is 0 Å². The molecule has 0 aliphatic heterocycles. The Morgan fingerprint density at radius 3 is 2.62 bits per heavy atom. The lowest BCUT2D eigenvalue weighted by Crippen LogP contribution is -2.49. The van der Waals surface area contributed by atoms with Gasteiger partial charge in [-0.1, -0.05) is 46.6 Å². The van der Waals surface area contributed by atoms with E-state index in [1.54, 1.807) is 25.1 Å². The van der Waals surface area contributed by atoms with Gasteiger partial charge in [-0.25, -0.2) is 0 Å². The molecule has 8 heteroatoms. The van der Waals surface area contributed by atoms with Crippen molar-refractivity contribution in [1.82, 2.24) is 10.2 Å². The third-order valence-electron chi connectivity index (χ3n) is 4.20. The van der Waals surface area contributed by atoms with E-state index in [1.165, 1.54) is 4.90 Å². The summed E-state index contributed by atoms with van der Waals surface area (Å²) in [6.07, 6.45) is 0.825. The molecule has 1 atom stereocenters. The van der Waals surface area contributed by atoms with Crippen molar-refractivity contribution < 1.29 is 14.3 Å². The average Bonchev–Trinajstić information content (AvgIpc) is 2.69. The molecule has 0 unspecified atom stereocenters. The summed E-state index contributed by atoms with van der Waals surface area (Å²) in [6.45, 7) is 4.37. The van der Waals surface area contributed by atoms with E-state index in [2.05, 4.69) is 37.2 Å². The van der Waals surface area contributed by atoms with Crippen LogP contribution in [0.5, 0.6) is 5.75 Å². The molecular formula is C21H23Br2ClN2O3. The molecule has 156 valence electrons. The van der Waals surface area contributed by atoms with Gasteiger partial charge >= 0.3 is 0 Å². The standard InChI is InChI=1S/C21H23Br2ClN2O3/c1-3-9-25-21(28)14(2)26(12-15-5-4-6-16(22)10-15)20(27)13-29-19-8-7-17(24)11-18(19)23/h4-8,10-11,14H,3,9,12-13H2,1-2H3,(H,25,28)/t14-/m0/s1. The number of benzene rings is 2. The molecule has 0 aromatic heterocycles. The molecule has 0 radical (unpaired) electrons. The van der Waals surface area contributed by atoms with Gasteiger partial charge in [0.1, 0.15) is 11.8 Å². The van der Waals surface area contributed by atoms with Gasteiger partial charge in [0.15, 0.2) is 6.61 Å². The predicted molar refractivity (Wildman–Crippen MR) is 122 cm³/mol. The summed E-state index contributed by atoms with van der Waals surface area (Å²) in [4.78, 5) is 27.0. The summed E-state index contributed by atoms with van der Waals surface area (Å²) in [6, 6.07) is 12.1. The molecule has 0 fully saturated rings. The van der Waals surface area contributed by atoms with Gasteiger partial charge in [0.2, 0.25) is 5.91 Å². The molecule has 2 aromatic carbocycles. The average molecular weight is 547 g/mol. The van der Waals surface area contributed by atoms with Crippen LogP contribution in [0.2, 0.25) is 5.02 Å². The molecule has 2 amide bonds. The molecule has 2 rings (SSSR count). The van der Waals surface area contributed by atoms with Crippen molar-refractivity contribution in [2.45, 2.75) is 32.9 Å². The zero-order chi connectivity index (χ0) is 21.4. The van der Waals surface area contributed by atoms with E-state index in [9.17, 15) is 9.59 Å². The number of carbonyl (C=O) groups excluding carboxylic acids is 2. The van der Waals surface area contributed by atoms with Crippen LogP contribution in [0.15, 0.2) is 51.4 Å². The van der Waals surface area contributed by atoms with Gasteiger partial charge in [-0.05, 0) is 65.2 Å². The third-order valence-corrected chi connectivity index (χ3v) is 5.55. The summed E-state index contributed by atoms with van der Waals surface area (Å²) in [5, 5.41) is 3.41. The van der Waals surface area contributed by atoms with Crippen LogP contribution in [0.25, 0.3) is 0 Å². The van der Waals surface area contributed by atoms with E-state index in [1.807, 2.05) is 31.2 Å². The number of nitrogens with one attached hydrogen (secondary N) is 1. The van der Waals surface area contributed by atoms with Crippen LogP contribution in [0.4, 0.5) is 0 Å². The molecule has 0 saturated carbocycles. The van der Waals surface area contributed by atoms with Crippen LogP contribution in [-0.2, 0) is 16.1 Å². The van der Waals surface area contributed by atoms with Gasteiger partial charge < -0.3 is 15.0 Å². The number of carbonyl (C=O) groups is 2. The van der Waals surface area contributed by atoms with Crippen molar-refractivity contribution in [3.63, 3.8) is 0 Å². The van der Waals surface area contributed by atoms with E-state index in [4.69, 9.17) is 16.3 Å². The molecule has 0 aliphatic rings. The Morgan fingerprint density at radius 1 is 1.21 bits per heavy atom. The number of amides is 2. The molecule has 0 saturated heterocycles. The van der Waals surface area contributed by atoms with Crippen LogP contribution >= 0.6 is 43.5 Å². The molecule has 29 heavy (non-hydrogen) atoms. The van der Waals surface area contributed by atoms with E-state index < -0.39 is 6.04 Å². The Morgan fingerprint density at radius 2 is 1.97 bits per heavy atom. The second kappa shape index (κ2) is 11.6. The largest absolute Gasteiger partial charge is 0.483 e. The second-order valence-corrected chi connectivity index (χ2v) is 8.69. The second-order valence-electron chi connectivity index (χ2n) is 6.48. The maximum Gasteiger partial charge on any atom is 0.261 e. The fourth-order valence-corrected chi connectivity index (χ4v) is 3.87. The van der Waals surface area contributed by atoms with Crippen molar-refractivity contribution >= 4 is 55.3 Å². The van der Waals surface area contributed by atoms with Gasteiger partial charge in [0.05, 0.1) is 4.47 Å². The predicted octanol–water partition coefficient (Wildman–Crippen LogP) is 5.19. The van der Waals surface area contributed by atoms with E-state index in [-0.39, 0.29) is 18.4 Å². The minimum atomic E-state index is -0.634. The first-order valence-corrected chi connectivity index (χ1v) is 11.2. The molecule has 0 heterocycles. The van der Waals surface area contributed by atoms with Crippen LogP contribution in [-0.4, -0.2) is 35.9 Å². The lowest BCUT2D eigenvalue weighted by atomic mass is 10.1. The number of hydrogen-bond donors (Lipinski definition) is 1. The monoisotopic (exact) mass is 544 g/mol. The molecule has 1 N–H and O–H groups in total. The Labute approximate surface area is 193 Å². The van der Waals surface area contributed by atoms with Crippen molar-refractivity contribution in [3.8, 4) is 5.75 Å². The SMILES string of the molecule is CCCNC(=O)[C@H](C)N(Cc1cccc(Br)c1)C(=O)COc1ccc(Cl)cc1Br. The first kappa shape index (κ1) is 23.7. The van der Waals surface area contributed by atoms with Crippen LogP contribution in [0.3, 0.4) is 0 Å². The van der Waals surface area contributed by atoms with E-state index in [0.717, 1.165) is 16.5 Å². The van der Waals surface area contributed by atoms with Gasteiger partial charge in [0.25, 0.3) is 5.91 Å². The normalized spacial score (nSPS) is 11.6. The van der Waals surface area contributed by atoms with Crippen molar-refractivity contribution in [3.05, 3.63) is 62.0 Å². The summed E-state index contributed by atoms with van der Waals surface area (Å²) in [5.74, 6) is 0.0297. The van der Waals surface area contributed by atoms with Crippen molar-refractivity contribution in [2.75, 3.05) is 13.2 Å². The Bertz CT molecular complexity index is 864. The third kappa shape index (κ3) is 7.32. The van der Waals surface area contributed by atoms with Crippen molar-refractivity contribution in [1.29, 1.82) is 0 Å². The lowest BCUT2D eigenvalue weighted by molar-refractivity contribution is -0.142. The van der Waals surface area contributed by atoms with Crippen LogP contribution < -0.4 is 10.1 Å². The van der Waals surface area contributed by atoms with Crippen LogP contribution in [0, 0.1) is 0 Å². The zero-order valence-electron chi connectivity index (χ0n) is 16.3. The number of nitrogens with zero attached hydrogens (tertiary/aromatic N) is 1. The van der Waals surface area contributed by atoms with Gasteiger partial charge in [0, 0.05) is 22.6 Å². The highest BCUT2D eigenvalue weighted by atomic mass is 79.9. The van der Waals surface area contributed by atoms with Gasteiger partial charge in [-0.2, -0.15) is 0 Å². The maximum absolute atomic E-state index is 13.0. The minimum absolute atomic E-state index is 0.192. The Kier molecular flexibility index (Phi) is 9.46. The minimum Gasteiger partial charge on any atom is -0.483 e. The quantitative estimate of drug-likeness (QED) is 0.471. The van der Waals surface area contributed by atoms with E-state index in [0.29, 0.717) is 28.3 Å². The fraction of sp³-hybridized carbons (Fsp3) is 0.333. The number of ether oxygens (including phenoxy) is 1. The fourth-order valence-electron chi connectivity index (χ4n) is 2.63. The zero-order valence-corrected chi connectivity index (χ0v) is 20.2. The number of rotatable bonds is 9. The molecule has 0 bridgehead atoms.